The summed E-state index contributed by atoms with van der Waals surface area (Å²) >= 11 is 0. The molecule has 0 aliphatic heterocycles. The molecule has 0 fully saturated rings. The van der Waals surface area contributed by atoms with Gasteiger partial charge in [0.05, 0.1) is 0 Å². The summed E-state index contributed by atoms with van der Waals surface area (Å²) in [6.45, 7) is 2.42. The van der Waals surface area contributed by atoms with Crippen LogP contribution in [0.3, 0.4) is 0 Å². The zero-order valence-electron chi connectivity index (χ0n) is 7.66. The summed E-state index contributed by atoms with van der Waals surface area (Å²) in [4.78, 5) is 31.6. The minimum absolute atomic E-state index is 0.257. The van der Waals surface area contributed by atoms with Gasteiger partial charge in [0, 0.05) is 13.3 Å². The van der Waals surface area contributed by atoms with Gasteiger partial charge >= 0.3 is 17.9 Å². The van der Waals surface area contributed by atoms with Crippen molar-refractivity contribution >= 4 is 17.9 Å². The van der Waals surface area contributed by atoms with Gasteiger partial charge in [0.1, 0.15) is 0 Å². The maximum absolute atomic E-state index is 10.7. The minimum Gasteiger partial charge on any atom is -0.454 e. The molecule has 0 saturated heterocycles. The van der Waals surface area contributed by atoms with E-state index in [9.17, 15) is 14.4 Å². The quantitative estimate of drug-likeness (QED) is 0.472. The van der Waals surface area contributed by atoms with E-state index in [0.29, 0.717) is 6.42 Å². The summed E-state index contributed by atoms with van der Waals surface area (Å²) in [5.74, 6) is -2.03. The van der Waals surface area contributed by atoms with Crippen LogP contribution < -0.4 is 0 Å². The Balaban J connectivity index is 3.58. The van der Waals surface area contributed by atoms with Gasteiger partial charge in [0.2, 0.25) is 0 Å². The molecule has 74 valence electrons. The van der Waals surface area contributed by atoms with Gasteiger partial charge < -0.3 is 9.47 Å². The second-order valence-corrected chi connectivity index (χ2v) is 2.38. The van der Waals surface area contributed by atoms with Crippen molar-refractivity contribution in [1.82, 2.24) is 0 Å². The molecule has 0 unspecified atom stereocenters. The maximum Gasteiger partial charge on any atom is 0.351 e. The third-order valence-electron chi connectivity index (χ3n) is 1.06. The van der Waals surface area contributed by atoms with Gasteiger partial charge in [-0.1, -0.05) is 6.92 Å². The first kappa shape index (κ1) is 11.6. The van der Waals surface area contributed by atoms with Gasteiger partial charge in [-0.25, -0.2) is 4.79 Å². The SMILES string of the molecule is CCCC(=O)OCC(=O)OC(C)=O. The van der Waals surface area contributed by atoms with E-state index in [1.807, 2.05) is 6.92 Å². The topological polar surface area (TPSA) is 69.7 Å². The van der Waals surface area contributed by atoms with Crippen LogP contribution in [-0.2, 0) is 23.9 Å². The van der Waals surface area contributed by atoms with E-state index < -0.39 is 24.5 Å². The minimum atomic E-state index is -0.850. The molecule has 0 atom stereocenters. The smallest absolute Gasteiger partial charge is 0.351 e. The summed E-state index contributed by atoms with van der Waals surface area (Å²) < 4.78 is 8.60. The van der Waals surface area contributed by atoms with Crippen LogP contribution in [0.5, 0.6) is 0 Å². The van der Waals surface area contributed by atoms with Crippen molar-refractivity contribution < 1.29 is 23.9 Å². The number of esters is 3. The van der Waals surface area contributed by atoms with Crippen LogP contribution in [-0.4, -0.2) is 24.5 Å². The van der Waals surface area contributed by atoms with E-state index in [4.69, 9.17) is 0 Å². The van der Waals surface area contributed by atoms with Gasteiger partial charge in [-0.05, 0) is 6.42 Å². The summed E-state index contributed by atoms with van der Waals surface area (Å²) in [5, 5.41) is 0. The van der Waals surface area contributed by atoms with Crippen molar-refractivity contribution in [2.45, 2.75) is 26.7 Å². The van der Waals surface area contributed by atoms with Crippen molar-refractivity contribution in [3.8, 4) is 0 Å². The first-order chi connectivity index (χ1) is 6.06. The summed E-state index contributed by atoms with van der Waals surface area (Å²) in [6, 6.07) is 0. The lowest BCUT2D eigenvalue weighted by Gasteiger charge is -2.01. The molecule has 0 aromatic heterocycles. The molecule has 5 nitrogen and oxygen atoms in total. The van der Waals surface area contributed by atoms with E-state index in [-0.39, 0.29) is 6.42 Å². The van der Waals surface area contributed by atoms with Crippen LogP contribution in [0.25, 0.3) is 0 Å². The van der Waals surface area contributed by atoms with Gasteiger partial charge in [0.15, 0.2) is 6.61 Å². The highest BCUT2D eigenvalue weighted by molar-refractivity contribution is 5.85. The predicted molar refractivity (Wildman–Crippen MR) is 42.6 cm³/mol. The predicted octanol–water partition coefficient (Wildman–Crippen LogP) is 0.419. The number of rotatable bonds is 4. The largest absolute Gasteiger partial charge is 0.454 e. The van der Waals surface area contributed by atoms with E-state index in [2.05, 4.69) is 9.47 Å². The molecule has 13 heavy (non-hydrogen) atoms. The van der Waals surface area contributed by atoms with Crippen molar-refractivity contribution in [1.29, 1.82) is 0 Å². The van der Waals surface area contributed by atoms with Crippen LogP contribution in [0.1, 0.15) is 26.7 Å². The molecule has 0 heterocycles. The Kier molecular flexibility index (Phi) is 5.50. The number of ether oxygens (including phenoxy) is 2. The van der Waals surface area contributed by atoms with Gasteiger partial charge in [-0.15, -0.1) is 0 Å². The fourth-order valence-corrected chi connectivity index (χ4v) is 0.605. The monoisotopic (exact) mass is 188 g/mol. The van der Waals surface area contributed by atoms with Gasteiger partial charge in [-0.3, -0.25) is 9.59 Å². The third kappa shape index (κ3) is 6.99. The number of hydrogen-bond acceptors (Lipinski definition) is 5. The Hall–Kier alpha value is -1.39. The fourth-order valence-electron chi connectivity index (χ4n) is 0.605. The fraction of sp³-hybridized carbons (Fsp3) is 0.625. The first-order valence-electron chi connectivity index (χ1n) is 3.93. The van der Waals surface area contributed by atoms with Crippen LogP contribution in [0.2, 0.25) is 0 Å². The van der Waals surface area contributed by atoms with E-state index in [1.54, 1.807) is 0 Å². The average molecular weight is 188 g/mol. The van der Waals surface area contributed by atoms with Gasteiger partial charge in [0.25, 0.3) is 0 Å². The Morgan fingerprint density at radius 2 is 1.77 bits per heavy atom. The molecule has 0 radical (unpaired) electrons. The van der Waals surface area contributed by atoms with E-state index >= 15 is 0 Å². The summed E-state index contributed by atoms with van der Waals surface area (Å²) in [6.07, 6.45) is 0.911. The van der Waals surface area contributed by atoms with E-state index in [0.717, 1.165) is 6.92 Å². The normalized spacial score (nSPS) is 9.08. The molecular weight excluding hydrogens is 176 g/mol. The third-order valence-corrected chi connectivity index (χ3v) is 1.06. The molecule has 5 heteroatoms. The molecule has 0 aliphatic rings. The van der Waals surface area contributed by atoms with Crippen LogP contribution in [0.4, 0.5) is 0 Å². The zero-order valence-corrected chi connectivity index (χ0v) is 7.66. The van der Waals surface area contributed by atoms with Crippen molar-refractivity contribution in [2.75, 3.05) is 6.61 Å². The van der Waals surface area contributed by atoms with Gasteiger partial charge in [-0.2, -0.15) is 0 Å². The molecule has 0 aromatic carbocycles. The summed E-state index contributed by atoms with van der Waals surface area (Å²) in [7, 11) is 0. The Morgan fingerprint density at radius 3 is 2.23 bits per heavy atom. The Morgan fingerprint density at radius 1 is 1.15 bits per heavy atom. The lowest BCUT2D eigenvalue weighted by Crippen LogP contribution is -2.18. The average Bonchev–Trinajstić information content (AvgIpc) is 2.00. The molecule has 0 saturated carbocycles. The molecule has 0 rings (SSSR count). The standard InChI is InChI=1S/C8H12O5/c1-3-4-7(10)12-5-8(11)13-6(2)9/h3-5H2,1-2H3. The molecule has 0 aromatic rings. The summed E-state index contributed by atoms with van der Waals surface area (Å²) in [5.41, 5.74) is 0. The lowest BCUT2D eigenvalue weighted by atomic mass is 10.3. The second-order valence-electron chi connectivity index (χ2n) is 2.38. The number of carbonyl (C=O) groups excluding carboxylic acids is 3. The lowest BCUT2D eigenvalue weighted by molar-refractivity contribution is -0.166. The highest BCUT2D eigenvalue weighted by Gasteiger charge is 2.09. The van der Waals surface area contributed by atoms with Crippen LogP contribution >= 0.6 is 0 Å². The molecule has 0 aliphatic carbocycles. The molecule has 0 amide bonds. The molecular formula is C8H12O5. The Bertz CT molecular complexity index is 209. The highest BCUT2D eigenvalue weighted by Crippen LogP contribution is 1.91. The molecule has 0 bridgehead atoms. The van der Waals surface area contributed by atoms with E-state index in [1.165, 1.54) is 0 Å². The molecule has 0 spiro atoms. The number of carbonyl (C=O) groups is 3. The zero-order chi connectivity index (χ0) is 10.3. The highest BCUT2D eigenvalue weighted by atomic mass is 16.6. The van der Waals surface area contributed by atoms with Crippen molar-refractivity contribution in [3.05, 3.63) is 0 Å². The van der Waals surface area contributed by atoms with Crippen molar-refractivity contribution in [2.24, 2.45) is 0 Å². The van der Waals surface area contributed by atoms with Crippen LogP contribution in [0, 0.1) is 0 Å². The Labute approximate surface area is 76.0 Å². The van der Waals surface area contributed by atoms with Crippen LogP contribution in [0.15, 0.2) is 0 Å². The molecule has 0 N–H and O–H groups in total. The second kappa shape index (κ2) is 6.16. The number of hydrogen-bond donors (Lipinski definition) is 0. The van der Waals surface area contributed by atoms with Crippen molar-refractivity contribution in [3.63, 3.8) is 0 Å². The maximum atomic E-state index is 10.7. The first-order valence-corrected chi connectivity index (χ1v) is 3.93.